The molecule has 1 aliphatic rings. The fraction of sp³-hybridized carbons (Fsp3) is 0.273. The van der Waals surface area contributed by atoms with E-state index in [1.807, 2.05) is 41.2 Å². The Morgan fingerprint density at radius 1 is 1.00 bits per heavy atom. The molecule has 2 aromatic carbocycles. The Labute approximate surface area is 176 Å². The zero-order valence-corrected chi connectivity index (χ0v) is 17.4. The lowest BCUT2D eigenvalue weighted by Crippen LogP contribution is -2.28. The van der Waals surface area contributed by atoms with Crippen LogP contribution < -0.4 is 5.32 Å². The number of hydrogen-bond acceptors (Lipinski definition) is 4. The summed E-state index contributed by atoms with van der Waals surface area (Å²) >= 11 is 0. The van der Waals surface area contributed by atoms with Crippen molar-refractivity contribution in [3.05, 3.63) is 83.7 Å². The fourth-order valence-corrected chi connectivity index (χ4v) is 5.14. The van der Waals surface area contributed by atoms with Gasteiger partial charge in [0.15, 0.2) is 0 Å². The molecule has 4 rings (SSSR count). The normalized spacial score (nSPS) is 14.7. The van der Waals surface area contributed by atoms with Gasteiger partial charge in [-0.05, 0) is 48.2 Å². The van der Waals surface area contributed by atoms with E-state index in [-0.39, 0.29) is 10.8 Å². The van der Waals surface area contributed by atoms with Gasteiger partial charge in [0.25, 0.3) is 5.91 Å². The second kappa shape index (κ2) is 8.81. The number of amides is 1. The molecule has 1 aliphatic heterocycles. The minimum atomic E-state index is -3.55. The highest BCUT2D eigenvalue weighted by Gasteiger charge is 2.27. The lowest BCUT2D eigenvalue weighted by Gasteiger charge is -2.16. The molecule has 7 nitrogen and oxygen atoms in total. The number of sulfonamides is 1. The van der Waals surface area contributed by atoms with Crippen LogP contribution in [0.2, 0.25) is 0 Å². The van der Waals surface area contributed by atoms with Gasteiger partial charge in [0.1, 0.15) is 0 Å². The van der Waals surface area contributed by atoms with Gasteiger partial charge in [-0.2, -0.15) is 9.40 Å². The van der Waals surface area contributed by atoms with Gasteiger partial charge in [-0.1, -0.05) is 30.3 Å². The lowest BCUT2D eigenvalue weighted by molar-refractivity contribution is 0.0950. The maximum Gasteiger partial charge on any atom is 0.251 e. The van der Waals surface area contributed by atoms with E-state index in [1.54, 1.807) is 24.4 Å². The van der Waals surface area contributed by atoms with Crippen molar-refractivity contribution in [2.75, 3.05) is 13.1 Å². The molecule has 8 heteroatoms. The van der Waals surface area contributed by atoms with Crippen LogP contribution in [0.4, 0.5) is 0 Å². The Balaban J connectivity index is 1.42. The summed E-state index contributed by atoms with van der Waals surface area (Å²) < 4.78 is 28.8. The predicted molar refractivity (Wildman–Crippen MR) is 113 cm³/mol. The van der Waals surface area contributed by atoms with Gasteiger partial charge >= 0.3 is 0 Å². The molecule has 3 aromatic rings. The van der Waals surface area contributed by atoms with Crippen LogP contribution in [0.3, 0.4) is 0 Å². The van der Waals surface area contributed by atoms with Crippen LogP contribution in [0.15, 0.2) is 71.9 Å². The van der Waals surface area contributed by atoms with Crippen molar-refractivity contribution in [2.45, 2.75) is 30.8 Å². The molecular weight excluding hydrogens is 400 g/mol. The first-order chi connectivity index (χ1) is 14.5. The molecule has 0 atom stereocenters. The highest BCUT2D eigenvalue weighted by Crippen LogP contribution is 2.21. The molecule has 0 saturated carbocycles. The van der Waals surface area contributed by atoms with Crippen molar-refractivity contribution in [3.63, 3.8) is 0 Å². The zero-order chi connectivity index (χ0) is 21.0. The molecule has 2 heterocycles. The predicted octanol–water partition coefficient (Wildman–Crippen LogP) is 2.65. The quantitative estimate of drug-likeness (QED) is 0.632. The Bertz CT molecular complexity index is 1120. The molecular formula is C22H24N4O3S. The highest BCUT2D eigenvalue weighted by atomic mass is 32.2. The zero-order valence-electron chi connectivity index (χ0n) is 16.6. The number of rotatable bonds is 7. The summed E-state index contributed by atoms with van der Waals surface area (Å²) in [4.78, 5) is 12.8. The first kappa shape index (κ1) is 20.3. The largest absolute Gasteiger partial charge is 0.348 e. The summed E-state index contributed by atoms with van der Waals surface area (Å²) in [5, 5.41) is 7.09. The van der Waals surface area contributed by atoms with Gasteiger partial charge in [-0.25, -0.2) is 8.42 Å². The summed E-state index contributed by atoms with van der Waals surface area (Å²) in [6, 6.07) is 16.1. The van der Waals surface area contributed by atoms with Crippen LogP contribution in [0.25, 0.3) is 0 Å². The molecule has 1 N–H and O–H groups in total. The van der Waals surface area contributed by atoms with E-state index in [1.165, 1.54) is 10.4 Å². The SMILES string of the molecule is O=C(NCc1cccc(Cn2cccn2)c1)c1cccc(S(=O)(=O)N2CCCC2)c1. The Morgan fingerprint density at radius 2 is 1.77 bits per heavy atom. The number of nitrogens with zero attached hydrogens (tertiary/aromatic N) is 3. The van der Waals surface area contributed by atoms with Gasteiger partial charge in [-0.3, -0.25) is 9.48 Å². The third-order valence-corrected chi connectivity index (χ3v) is 7.04. The number of carbonyl (C=O) groups is 1. The van der Waals surface area contributed by atoms with Crippen LogP contribution in [0, 0.1) is 0 Å². The summed E-state index contributed by atoms with van der Waals surface area (Å²) in [6.45, 7) is 2.08. The maximum absolute atomic E-state index is 12.7. The Kier molecular flexibility index (Phi) is 5.96. The summed E-state index contributed by atoms with van der Waals surface area (Å²) in [5.41, 5.74) is 2.39. The van der Waals surface area contributed by atoms with E-state index >= 15 is 0 Å². The number of hydrogen-bond donors (Lipinski definition) is 1. The molecule has 0 aliphatic carbocycles. The van der Waals surface area contributed by atoms with E-state index in [0.29, 0.717) is 31.7 Å². The molecule has 0 bridgehead atoms. The van der Waals surface area contributed by atoms with Crippen LogP contribution in [-0.4, -0.2) is 41.5 Å². The molecule has 30 heavy (non-hydrogen) atoms. The molecule has 0 spiro atoms. The van der Waals surface area contributed by atoms with Crippen LogP contribution in [0.5, 0.6) is 0 Å². The Hall–Kier alpha value is -2.97. The summed E-state index contributed by atoms with van der Waals surface area (Å²) in [5.74, 6) is -0.300. The maximum atomic E-state index is 12.7. The molecule has 1 fully saturated rings. The number of carbonyl (C=O) groups excluding carboxylic acids is 1. The highest BCUT2D eigenvalue weighted by molar-refractivity contribution is 7.89. The molecule has 1 saturated heterocycles. The van der Waals surface area contributed by atoms with Gasteiger partial charge < -0.3 is 5.32 Å². The van der Waals surface area contributed by atoms with Crippen LogP contribution in [0.1, 0.15) is 34.3 Å². The van der Waals surface area contributed by atoms with Gasteiger partial charge in [0.2, 0.25) is 10.0 Å². The van der Waals surface area contributed by atoms with Crippen LogP contribution in [-0.2, 0) is 23.1 Å². The topological polar surface area (TPSA) is 84.3 Å². The van der Waals surface area contributed by atoms with E-state index in [4.69, 9.17) is 0 Å². The van der Waals surface area contributed by atoms with Crippen molar-refractivity contribution in [2.24, 2.45) is 0 Å². The van der Waals surface area contributed by atoms with E-state index < -0.39 is 10.0 Å². The van der Waals surface area contributed by atoms with E-state index in [9.17, 15) is 13.2 Å². The molecule has 0 radical (unpaired) electrons. The van der Waals surface area contributed by atoms with Crippen molar-refractivity contribution >= 4 is 15.9 Å². The summed E-state index contributed by atoms with van der Waals surface area (Å²) in [7, 11) is -3.55. The third-order valence-electron chi connectivity index (χ3n) is 5.15. The second-order valence-corrected chi connectivity index (χ2v) is 9.28. The number of benzene rings is 2. The Morgan fingerprint density at radius 3 is 2.53 bits per heavy atom. The summed E-state index contributed by atoms with van der Waals surface area (Å²) in [6.07, 6.45) is 5.39. The molecule has 156 valence electrons. The monoisotopic (exact) mass is 424 g/mol. The van der Waals surface area contributed by atoms with Gasteiger partial charge in [0.05, 0.1) is 11.4 Å². The van der Waals surface area contributed by atoms with Crippen molar-refractivity contribution in [1.29, 1.82) is 0 Å². The van der Waals surface area contributed by atoms with Gasteiger partial charge in [0, 0.05) is 37.6 Å². The lowest BCUT2D eigenvalue weighted by atomic mass is 10.1. The minimum absolute atomic E-state index is 0.165. The van der Waals surface area contributed by atoms with Crippen molar-refractivity contribution < 1.29 is 13.2 Å². The minimum Gasteiger partial charge on any atom is -0.348 e. The first-order valence-electron chi connectivity index (χ1n) is 9.96. The molecule has 0 unspecified atom stereocenters. The average molecular weight is 425 g/mol. The standard InChI is InChI=1S/C22H24N4O3S/c27-22(20-8-4-9-21(15-20)30(28,29)26-12-1-2-13-26)23-16-18-6-3-7-19(14-18)17-25-11-5-10-24-25/h3-11,14-15H,1-2,12-13,16-17H2,(H,23,27). The van der Waals surface area contributed by atoms with Crippen molar-refractivity contribution in [3.8, 4) is 0 Å². The second-order valence-electron chi connectivity index (χ2n) is 7.35. The smallest absolute Gasteiger partial charge is 0.251 e. The number of aromatic nitrogens is 2. The van der Waals surface area contributed by atoms with E-state index in [2.05, 4.69) is 10.4 Å². The van der Waals surface area contributed by atoms with Gasteiger partial charge in [-0.15, -0.1) is 0 Å². The first-order valence-corrected chi connectivity index (χ1v) is 11.4. The van der Waals surface area contributed by atoms with Crippen LogP contribution >= 0.6 is 0 Å². The van der Waals surface area contributed by atoms with Crippen molar-refractivity contribution in [1.82, 2.24) is 19.4 Å². The average Bonchev–Trinajstić information content (AvgIpc) is 3.47. The number of nitrogens with one attached hydrogen (secondary N) is 1. The third kappa shape index (κ3) is 4.60. The molecule has 1 amide bonds. The fourth-order valence-electron chi connectivity index (χ4n) is 3.58. The van der Waals surface area contributed by atoms with E-state index in [0.717, 1.165) is 24.0 Å². The molecule has 1 aromatic heterocycles.